The van der Waals surface area contributed by atoms with E-state index in [4.69, 9.17) is 10.5 Å². The van der Waals surface area contributed by atoms with Crippen LogP contribution < -0.4 is 5.73 Å². The van der Waals surface area contributed by atoms with E-state index in [1.165, 1.54) is 5.69 Å². The van der Waals surface area contributed by atoms with Crippen molar-refractivity contribution in [1.29, 1.82) is 0 Å². The van der Waals surface area contributed by atoms with Gasteiger partial charge in [0.05, 0.1) is 30.4 Å². The standard InChI is InChI=1S/C10H17N3O/c1-2-13-7-12-6-9(13)10-4-3-8(5-11)14-10/h6-8,10H,2-5,11H2,1H3. The molecule has 0 spiro atoms. The van der Waals surface area contributed by atoms with Gasteiger partial charge in [-0.25, -0.2) is 4.98 Å². The quantitative estimate of drug-likeness (QED) is 0.785. The molecule has 1 aliphatic heterocycles. The van der Waals surface area contributed by atoms with Crippen LogP contribution in [0.25, 0.3) is 0 Å². The molecule has 2 heterocycles. The maximum atomic E-state index is 5.81. The van der Waals surface area contributed by atoms with E-state index in [1.54, 1.807) is 0 Å². The number of ether oxygens (including phenoxy) is 1. The molecular weight excluding hydrogens is 178 g/mol. The third-order valence-electron chi connectivity index (χ3n) is 2.79. The summed E-state index contributed by atoms with van der Waals surface area (Å²) in [6.07, 6.45) is 6.32. The topological polar surface area (TPSA) is 53.1 Å². The monoisotopic (exact) mass is 195 g/mol. The molecule has 0 radical (unpaired) electrons. The van der Waals surface area contributed by atoms with Gasteiger partial charge in [-0.1, -0.05) is 0 Å². The van der Waals surface area contributed by atoms with Gasteiger partial charge in [0.25, 0.3) is 0 Å². The highest BCUT2D eigenvalue weighted by Gasteiger charge is 2.27. The van der Waals surface area contributed by atoms with Crippen LogP contribution in [-0.2, 0) is 11.3 Å². The number of nitrogens with two attached hydrogens (primary N) is 1. The summed E-state index contributed by atoms with van der Waals surface area (Å²) in [5.41, 5.74) is 6.76. The SMILES string of the molecule is CCn1cncc1C1CCC(CN)O1. The summed E-state index contributed by atoms with van der Waals surface area (Å²) >= 11 is 0. The molecule has 1 aliphatic rings. The highest BCUT2D eigenvalue weighted by atomic mass is 16.5. The molecule has 14 heavy (non-hydrogen) atoms. The van der Waals surface area contributed by atoms with E-state index in [-0.39, 0.29) is 12.2 Å². The molecule has 0 saturated carbocycles. The van der Waals surface area contributed by atoms with Crippen molar-refractivity contribution in [3.05, 3.63) is 18.2 Å². The van der Waals surface area contributed by atoms with Crippen LogP contribution in [0.4, 0.5) is 0 Å². The largest absolute Gasteiger partial charge is 0.367 e. The van der Waals surface area contributed by atoms with Crippen molar-refractivity contribution >= 4 is 0 Å². The van der Waals surface area contributed by atoms with Crippen LogP contribution >= 0.6 is 0 Å². The fourth-order valence-electron chi connectivity index (χ4n) is 1.96. The van der Waals surface area contributed by atoms with Crippen LogP contribution in [0.5, 0.6) is 0 Å². The Morgan fingerprint density at radius 2 is 2.50 bits per heavy atom. The second-order valence-electron chi connectivity index (χ2n) is 3.66. The van der Waals surface area contributed by atoms with Gasteiger partial charge >= 0.3 is 0 Å². The van der Waals surface area contributed by atoms with Crippen LogP contribution in [-0.4, -0.2) is 22.2 Å². The summed E-state index contributed by atoms with van der Waals surface area (Å²) in [5.74, 6) is 0. The number of imidazole rings is 1. The molecule has 1 fully saturated rings. The third kappa shape index (κ3) is 1.67. The Balaban J connectivity index is 2.09. The zero-order valence-electron chi connectivity index (χ0n) is 8.52. The first kappa shape index (κ1) is 9.68. The molecule has 2 N–H and O–H groups in total. The first-order chi connectivity index (χ1) is 6.85. The zero-order chi connectivity index (χ0) is 9.97. The Morgan fingerprint density at radius 3 is 3.14 bits per heavy atom. The van der Waals surface area contributed by atoms with Gasteiger partial charge in [0.2, 0.25) is 0 Å². The molecule has 2 atom stereocenters. The Labute approximate surface area is 84.1 Å². The van der Waals surface area contributed by atoms with E-state index in [2.05, 4.69) is 16.5 Å². The van der Waals surface area contributed by atoms with Gasteiger partial charge in [0.1, 0.15) is 0 Å². The highest BCUT2D eigenvalue weighted by Crippen LogP contribution is 2.31. The van der Waals surface area contributed by atoms with E-state index < -0.39 is 0 Å². The number of hydrogen-bond acceptors (Lipinski definition) is 3. The molecule has 1 aromatic heterocycles. The maximum Gasteiger partial charge on any atom is 0.0995 e. The zero-order valence-corrected chi connectivity index (χ0v) is 8.52. The Bertz CT molecular complexity index is 297. The predicted octanol–water partition coefficient (Wildman–Crippen LogP) is 1.08. The second-order valence-corrected chi connectivity index (χ2v) is 3.66. The summed E-state index contributed by atoms with van der Waals surface area (Å²) in [4.78, 5) is 4.14. The lowest BCUT2D eigenvalue weighted by molar-refractivity contribution is 0.0454. The van der Waals surface area contributed by atoms with Crippen molar-refractivity contribution in [2.75, 3.05) is 6.54 Å². The summed E-state index contributed by atoms with van der Waals surface area (Å²) in [6, 6.07) is 0. The Kier molecular flexibility index (Phi) is 2.84. The highest BCUT2D eigenvalue weighted by molar-refractivity contribution is 5.05. The summed E-state index contributed by atoms with van der Waals surface area (Å²) in [6.45, 7) is 3.68. The average molecular weight is 195 g/mol. The lowest BCUT2D eigenvalue weighted by Crippen LogP contribution is -2.19. The average Bonchev–Trinajstić information content (AvgIpc) is 2.85. The number of hydrogen-bond donors (Lipinski definition) is 1. The first-order valence-corrected chi connectivity index (χ1v) is 5.20. The van der Waals surface area contributed by atoms with Gasteiger partial charge in [-0.2, -0.15) is 0 Å². The second kappa shape index (κ2) is 4.11. The molecule has 0 aliphatic carbocycles. The van der Waals surface area contributed by atoms with Crippen LogP contribution in [0.1, 0.15) is 31.6 Å². The molecular formula is C10H17N3O. The molecule has 78 valence electrons. The molecule has 4 heteroatoms. The van der Waals surface area contributed by atoms with E-state index in [0.717, 1.165) is 19.4 Å². The molecule has 0 aromatic carbocycles. The number of rotatable bonds is 3. The Morgan fingerprint density at radius 1 is 1.64 bits per heavy atom. The smallest absolute Gasteiger partial charge is 0.0995 e. The number of nitrogens with zero attached hydrogens (tertiary/aromatic N) is 2. The fourth-order valence-corrected chi connectivity index (χ4v) is 1.96. The minimum Gasteiger partial charge on any atom is -0.367 e. The van der Waals surface area contributed by atoms with Crippen molar-refractivity contribution in [2.45, 2.75) is 38.5 Å². The molecule has 1 saturated heterocycles. The summed E-state index contributed by atoms with van der Waals surface area (Å²) in [7, 11) is 0. The van der Waals surface area contributed by atoms with Crippen LogP contribution in [0.2, 0.25) is 0 Å². The van der Waals surface area contributed by atoms with Gasteiger partial charge in [-0.3, -0.25) is 0 Å². The lowest BCUT2D eigenvalue weighted by Gasteiger charge is -2.13. The minimum atomic E-state index is 0.200. The number of aromatic nitrogens is 2. The van der Waals surface area contributed by atoms with Crippen LogP contribution in [0.15, 0.2) is 12.5 Å². The van der Waals surface area contributed by atoms with E-state index in [0.29, 0.717) is 6.54 Å². The lowest BCUT2D eigenvalue weighted by atomic mass is 10.1. The predicted molar refractivity (Wildman–Crippen MR) is 53.8 cm³/mol. The molecule has 0 amide bonds. The van der Waals surface area contributed by atoms with Gasteiger partial charge in [-0.05, 0) is 19.8 Å². The van der Waals surface area contributed by atoms with Crippen LogP contribution in [0, 0.1) is 0 Å². The summed E-state index contributed by atoms with van der Waals surface area (Å²) < 4.78 is 7.94. The normalized spacial score (nSPS) is 27.0. The maximum absolute atomic E-state index is 5.81. The van der Waals surface area contributed by atoms with Crippen molar-refractivity contribution in [1.82, 2.24) is 9.55 Å². The van der Waals surface area contributed by atoms with Gasteiger partial charge in [0.15, 0.2) is 0 Å². The molecule has 0 bridgehead atoms. The molecule has 1 aromatic rings. The van der Waals surface area contributed by atoms with E-state index >= 15 is 0 Å². The molecule has 2 rings (SSSR count). The Hall–Kier alpha value is -0.870. The first-order valence-electron chi connectivity index (χ1n) is 5.20. The van der Waals surface area contributed by atoms with Crippen LogP contribution in [0.3, 0.4) is 0 Å². The van der Waals surface area contributed by atoms with Crippen molar-refractivity contribution in [2.24, 2.45) is 5.73 Å². The van der Waals surface area contributed by atoms with Gasteiger partial charge in [0, 0.05) is 13.1 Å². The molecule has 2 unspecified atom stereocenters. The van der Waals surface area contributed by atoms with Crippen molar-refractivity contribution in [3.63, 3.8) is 0 Å². The molecule has 4 nitrogen and oxygen atoms in total. The van der Waals surface area contributed by atoms with Crippen molar-refractivity contribution in [3.8, 4) is 0 Å². The fraction of sp³-hybridized carbons (Fsp3) is 0.700. The van der Waals surface area contributed by atoms with E-state index in [9.17, 15) is 0 Å². The van der Waals surface area contributed by atoms with Gasteiger partial charge in [-0.15, -0.1) is 0 Å². The van der Waals surface area contributed by atoms with Crippen molar-refractivity contribution < 1.29 is 4.74 Å². The van der Waals surface area contributed by atoms with E-state index in [1.807, 2.05) is 12.5 Å². The van der Waals surface area contributed by atoms with Gasteiger partial charge < -0.3 is 15.0 Å². The number of aryl methyl sites for hydroxylation is 1. The summed E-state index contributed by atoms with van der Waals surface area (Å²) in [5, 5.41) is 0. The minimum absolute atomic E-state index is 0.200. The third-order valence-corrected chi connectivity index (χ3v) is 2.79.